The van der Waals surface area contributed by atoms with E-state index in [0.29, 0.717) is 16.4 Å². The molecule has 0 aliphatic carbocycles. The second kappa shape index (κ2) is 5.92. The van der Waals surface area contributed by atoms with E-state index in [1.807, 2.05) is 12.4 Å². The summed E-state index contributed by atoms with van der Waals surface area (Å²) >= 11 is 1.33. The van der Waals surface area contributed by atoms with Crippen LogP contribution in [0.15, 0.2) is 23.2 Å². The van der Waals surface area contributed by atoms with E-state index in [0.717, 1.165) is 5.56 Å². The summed E-state index contributed by atoms with van der Waals surface area (Å²) in [6.45, 7) is 1.79. The van der Waals surface area contributed by atoms with Crippen LogP contribution in [0, 0.1) is 18.4 Å². The van der Waals surface area contributed by atoms with Crippen molar-refractivity contribution in [3.05, 3.63) is 29.3 Å². The molecule has 0 heterocycles. The number of amides is 1. The number of carbonyl (C=O) groups is 1. The molecular weight excluding hydrogens is 236 g/mol. The number of benzene rings is 1. The van der Waals surface area contributed by atoms with E-state index in [9.17, 15) is 4.79 Å². The van der Waals surface area contributed by atoms with Gasteiger partial charge in [0.25, 0.3) is 0 Å². The number of thioether (sulfide) groups is 1. The number of aryl methyl sites for hydroxylation is 1. The Bertz CT molecular complexity index is 505. The minimum atomic E-state index is -0.460. The van der Waals surface area contributed by atoms with E-state index in [4.69, 9.17) is 11.0 Å². The van der Waals surface area contributed by atoms with Crippen LogP contribution in [0.5, 0.6) is 0 Å². The summed E-state index contributed by atoms with van der Waals surface area (Å²) in [5.74, 6) is -0.460. The number of hydrogen-bond acceptors (Lipinski definition) is 4. The number of hydrogen-bond donors (Lipinski definition) is 2. The first kappa shape index (κ1) is 13.1. The molecule has 88 valence electrons. The number of nitrogens with two attached hydrogens (primary N) is 1. The molecule has 17 heavy (non-hydrogen) atoms. The Morgan fingerprint density at radius 2 is 2.29 bits per heavy atom. The van der Waals surface area contributed by atoms with Crippen molar-refractivity contribution in [2.75, 3.05) is 6.26 Å². The highest BCUT2D eigenvalue weighted by Gasteiger charge is 2.05. The van der Waals surface area contributed by atoms with E-state index in [1.165, 1.54) is 11.8 Å². The van der Waals surface area contributed by atoms with Gasteiger partial charge in [-0.05, 0) is 36.9 Å². The van der Waals surface area contributed by atoms with E-state index in [1.54, 1.807) is 25.1 Å². The van der Waals surface area contributed by atoms with E-state index < -0.39 is 5.91 Å². The lowest BCUT2D eigenvalue weighted by atomic mass is 10.1. The topological polar surface area (TPSA) is 91.3 Å². The Labute approximate surface area is 104 Å². The number of amidine groups is 1. The molecule has 3 N–H and O–H groups in total. The van der Waals surface area contributed by atoms with Crippen molar-refractivity contribution in [3.63, 3.8) is 0 Å². The van der Waals surface area contributed by atoms with Crippen LogP contribution in [0.4, 0.5) is 5.69 Å². The number of aliphatic imine (C=N–C) groups is 1. The van der Waals surface area contributed by atoms with Gasteiger partial charge in [-0.15, -0.1) is 0 Å². The Balaban J connectivity index is 3.06. The van der Waals surface area contributed by atoms with Gasteiger partial charge in [0.15, 0.2) is 11.4 Å². The molecule has 0 atom stereocenters. The lowest BCUT2D eigenvalue weighted by molar-refractivity contribution is 0.1000. The van der Waals surface area contributed by atoms with E-state index in [-0.39, 0.29) is 0 Å². The molecule has 0 saturated heterocycles. The molecule has 1 aromatic rings. The Morgan fingerprint density at radius 1 is 1.59 bits per heavy atom. The molecule has 0 aliphatic rings. The van der Waals surface area contributed by atoms with Gasteiger partial charge in [0.05, 0.1) is 5.69 Å². The molecule has 0 aromatic heterocycles. The predicted molar refractivity (Wildman–Crippen MR) is 69.1 cm³/mol. The maximum atomic E-state index is 11.0. The minimum absolute atomic E-state index is 0.460. The second-order valence-electron chi connectivity index (χ2n) is 3.22. The van der Waals surface area contributed by atoms with Crippen molar-refractivity contribution in [1.29, 1.82) is 5.26 Å². The summed E-state index contributed by atoms with van der Waals surface area (Å²) in [6, 6.07) is 5.05. The first-order valence-corrected chi connectivity index (χ1v) is 5.99. The normalized spacial score (nSPS) is 10.8. The SMILES string of the molecule is CSC(=Nc1ccc(C(N)=O)c(C)c1)NC#N. The fourth-order valence-corrected chi connectivity index (χ4v) is 1.63. The van der Waals surface area contributed by atoms with Crippen molar-refractivity contribution in [2.24, 2.45) is 10.7 Å². The quantitative estimate of drug-likeness (QED) is 0.359. The molecule has 0 radical (unpaired) electrons. The maximum absolute atomic E-state index is 11.0. The van der Waals surface area contributed by atoms with Crippen molar-refractivity contribution in [2.45, 2.75) is 6.92 Å². The summed E-state index contributed by atoms with van der Waals surface area (Å²) in [7, 11) is 0. The monoisotopic (exact) mass is 248 g/mol. The van der Waals surface area contributed by atoms with Gasteiger partial charge in [0.1, 0.15) is 0 Å². The van der Waals surface area contributed by atoms with Gasteiger partial charge < -0.3 is 5.73 Å². The number of nitriles is 1. The number of nitrogens with one attached hydrogen (secondary N) is 1. The molecule has 5 nitrogen and oxygen atoms in total. The first-order valence-electron chi connectivity index (χ1n) is 4.76. The fraction of sp³-hybridized carbons (Fsp3) is 0.182. The standard InChI is InChI=1S/C11H12N4OS/c1-7-5-8(3-4-9(7)10(13)16)15-11(17-2)14-6-12/h3-5H,1-2H3,(H2,13,16)(H,14,15). The van der Waals surface area contributed by atoms with Gasteiger partial charge in [0, 0.05) is 5.56 Å². The molecule has 0 aliphatic heterocycles. The summed E-state index contributed by atoms with van der Waals surface area (Å²) in [4.78, 5) is 15.3. The van der Waals surface area contributed by atoms with Crippen LogP contribution in [0.25, 0.3) is 0 Å². The molecule has 0 bridgehead atoms. The van der Waals surface area contributed by atoms with Crippen LogP contribution in [-0.2, 0) is 0 Å². The van der Waals surface area contributed by atoms with Gasteiger partial charge >= 0.3 is 0 Å². The number of carbonyl (C=O) groups excluding carboxylic acids is 1. The molecule has 1 rings (SSSR count). The zero-order valence-corrected chi connectivity index (χ0v) is 10.3. The molecule has 1 amide bonds. The van der Waals surface area contributed by atoms with Gasteiger partial charge in [-0.25, -0.2) is 4.99 Å². The number of rotatable bonds is 2. The second-order valence-corrected chi connectivity index (χ2v) is 4.02. The lowest BCUT2D eigenvalue weighted by Gasteiger charge is -2.04. The highest BCUT2D eigenvalue weighted by Crippen LogP contribution is 2.18. The van der Waals surface area contributed by atoms with Crippen LogP contribution in [0.3, 0.4) is 0 Å². The largest absolute Gasteiger partial charge is 0.366 e. The molecule has 0 unspecified atom stereocenters. The van der Waals surface area contributed by atoms with Crippen LogP contribution in [-0.4, -0.2) is 17.3 Å². The molecule has 6 heteroatoms. The lowest BCUT2D eigenvalue weighted by Crippen LogP contribution is -2.13. The van der Waals surface area contributed by atoms with Crippen LogP contribution >= 0.6 is 11.8 Å². The zero-order valence-electron chi connectivity index (χ0n) is 9.52. The van der Waals surface area contributed by atoms with E-state index in [2.05, 4.69) is 10.3 Å². The highest BCUT2D eigenvalue weighted by molar-refractivity contribution is 8.13. The van der Waals surface area contributed by atoms with Gasteiger partial charge in [-0.2, -0.15) is 5.26 Å². The molecule has 1 aromatic carbocycles. The third-order valence-corrected chi connectivity index (χ3v) is 2.64. The Kier molecular flexibility index (Phi) is 4.55. The fourth-order valence-electron chi connectivity index (χ4n) is 1.28. The van der Waals surface area contributed by atoms with E-state index >= 15 is 0 Å². The minimum Gasteiger partial charge on any atom is -0.366 e. The first-order chi connectivity index (χ1) is 8.08. The average Bonchev–Trinajstić information content (AvgIpc) is 2.28. The molecule has 0 saturated carbocycles. The number of nitrogens with zero attached hydrogens (tertiary/aromatic N) is 2. The van der Waals surface area contributed by atoms with Gasteiger partial charge in [-0.1, -0.05) is 11.8 Å². The van der Waals surface area contributed by atoms with Gasteiger partial charge in [0.2, 0.25) is 5.91 Å². The Hall–Kier alpha value is -2.00. The number of primary amides is 1. The average molecular weight is 248 g/mol. The smallest absolute Gasteiger partial charge is 0.248 e. The highest BCUT2D eigenvalue weighted by atomic mass is 32.2. The van der Waals surface area contributed by atoms with Crippen molar-refractivity contribution < 1.29 is 4.79 Å². The molecule has 0 fully saturated rings. The van der Waals surface area contributed by atoms with Crippen molar-refractivity contribution >= 4 is 28.5 Å². The summed E-state index contributed by atoms with van der Waals surface area (Å²) < 4.78 is 0. The molecular formula is C11H12N4OS. The van der Waals surface area contributed by atoms with Crippen LogP contribution in [0.2, 0.25) is 0 Å². The Morgan fingerprint density at radius 3 is 2.76 bits per heavy atom. The summed E-state index contributed by atoms with van der Waals surface area (Å²) in [5.41, 5.74) is 7.11. The van der Waals surface area contributed by atoms with Crippen molar-refractivity contribution in [1.82, 2.24) is 5.32 Å². The third kappa shape index (κ3) is 3.50. The maximum Gasteiger partial charge on any atom is 0.248 e. The van der Waals surface area contributed by atoms with Crippen LogP contribution < -0.4 is 11.1 Å². The summed E-state index contributed by atoms with van der Waals surface area (Å²) in [6.07, 6.45) is 3.62. The van der Waals surface area contributed by atoms with Crippen LogP contribution in [0.1, 0.15) is 15.9 Å². The predicted octanol–water partition coefficient (Wildman–Crippen LogP) is 1.52. The van der Waals surface area contributed by atoms with Gasteiger partial charge in [-0.3, -0.25) is 10.1 Å². The molecule has 0 spiro atoms. The zero-order chi connectivity index (χ0) is 12.8. The third-order valence-electron chi connectivity index (χ3n) is 2.06. The van der Waals surface area contributed by atoms with Crippen molar-refractivity contribution in [3.8, 4) is 6.19 Å². The summed E-state index contributed by atoms with van der Waals surface area (Å²) in [5, 5.41) is 11.5.